The predicted molar refractivity (Wildman–Crippen MR) is 76.1 cm³/mol. The minimum atomic E-state index is 0.0841. The molecule has 1 fully saturated rings. The fourth-order valence-electron chi connectivity index (χ4n) is 2.47. The van der Waals surface area contributed by atoms with Crippen molar-refractivity contribution in [1.29, 1.82) is 0 Å². The zero-order valence-electron chi connectivity index (χ0n) is 12.6. The standard InChI is InChI=1S/C15H26N2O2/c1-5-16-9-13-8-14(19-12(13)2)10-17-6-7-18-11-15(17,3)4/h8,16H,5-7,9-11H2,1-4H3. The largest absolute Gasteiger partial charge is 0.465 e. The van der Waals surface area contributed by atoms with Crippen LogP contribution in [0.5, 0.6) is 0 Å². The minimum Gasteiger partial charge on any atom is -0.465 e. The van der Waals surface area contributed by atoms with Crippen molar-refractivity contribution < 1.29 is 9.15 Å². The molecule has 0 spiro atoms. The Morgan fingerprint density at radius 3 is 2.89 bits per heavy atom. The van der Waals surface area contributed by atoms with Gasteiger partial charge >= 0.3 is 0 Å². The highest BCUT2D eigenvalue weighted by Crippen LogP contribution is 2.23. The number of furan rings is 1. The fourth-order valence-corrected chi connectivity index (χ4v) is 2.47. The quantitative estimate of drug-likeness (QED) is 0.887. The van der Waals surface area contributed by atoms with Crippen LogP contribution in [0.2, 0.25) is 0 Å². The topological polar surface area (TPSA) is 37.6 Å². The van der Waals surface area contributed by atoms with Crippen molar-refractivity contribution in [2.75, 3.05) is 26.3 Å². The van der Waals surface area contributed by atoms with Crippen LogP contribution in [0.4, 0.5) is 0 Å². The van der Waals surface area contributed by atoms with Crippen LogP contribution in [-0.2, 0) is 17.8 Å². The van der Waals surface area contributed by atoms with Crippen LogP contribution in [0.3, 0.4) is 0 Å². The first-order chi connectivity index (χ1) is 9.03. The second kappa shape index (κ2) is 6.07. The van der Waals surface area contributed by atoms with E-state index in [1.807, 2.05) is 6.92 Å². The highest BCUT2D eigenvalue weighted by Gasteiger charge is 2.31. The van der Waals surface area contributed by atoms with E-state index in [2.05, 4.69) is 37.1 Å². The van der Waals surface area contributed by atoms with Crippen LogP contribution in [0, 0.1) is 6.92 Å². The molecule has 4 nitrogen and oxygen atoms in total. The Labute approximate surface area is 116 Å². The first-order valence-electron chi connectivity index (χ1n) is 7.14. The van der Waals surface area contributed by atoms with Crippen LogP contribution < -0.4 is 5.32 Å². The van der Waals surface area contributed by atoms with E-state index in [-0.39, 0.29) is 5.54 Å². The van der Waals surface area contributed by atoms with Crippen LogP contribution >= 0.6 is 0 Å². The van der Waals surface area contributed by atoms with Gasteiger partial charge in [-0.1, -0.05) is 6.92 Å². The second-order valence-corrected chi connectivity index (χ2v) is 5.86. The third-order valence-corrected chi connectivity index (χ3v) is 3.80. The molecule has 0 saturated carbocycles. The van der Waals surface area contributed by atoms with E-state index < -0.39 is 0 Å². The van der Waals surface area contributed by atoms with Gasteiger partial charge in [-0.15, -0.1) is 0 Å². The van der Waals surface area contributed by atoms with Gasteiger partial charge in [0.2, 0.25) is 0 Å². The SMILES string of the molecule is CCNCc1cc(CN2CCOCC2(C)C)oc1C. The van der Waals surface area contributed by atoms with Crippen LogP contribution in [0.1, 0.15) is 37.9 Å². The van der Waals surface area contributed by atoms with Gasteiger partial charge in [0.05, 0.1) is 19.8 Å². The Kier molecular flexibility index (Phi) is 4.66. The fraction of sp³-hybridized carbons (Fsp3) is 0.733. The summed E-state index contributed by atoms with van der Waals surface area (Å²) in [4.78, 5) is 2.44. The Bertz CT molecular complexity index is 412. The number of hydrogen-bond donors (Lipinski definition) is 1. The summed E-state index contributed by atoms with van der Waals surface area (Å²) < 4.78 is 11.4. The van der Waals surface area contributed by atoms with Crippen LogP contribution in [0.15, 0.2) is 10.5 Å². The molecule has 1 aliphatic rings. The van der Waals surface area contributed by atoms with Crippen molar-refractivity contribution >= 4 is 0 Å². The van der Waals surface area contributed by atoms with Gasteiger partial charge in [-0.3, -0.25) is 4.90 Å². The van der Waals surface area contributed by atoms with E-state index in [0.29, 0.717) is 0 Å². The molecule has 108 valence electrons. The molecule has 2 heterocycles. The molecule has 19 heavy (non-hydrogen) atoms. The van der Waals surface area contributed by atoms with Crippen LogP contribution in [0.25, 0.3) is 0 Å². The number of rotatable bonds is 5. The van der Waals surface area contributed by atoms with Crippen molar-refractivity contribution in [1.82, 2.24) is 10.2 Å². The number of hydrogen-bond acceptors (Lipinski definition) is 4. The Morgan fingerprint density at radius 2 is 2.21 bits per heavy atom. The zero-order chi connectivity index (χ0) is 13.9. The van der Waals surface area contributed by atoms with Crippen molar-refractivity contribution in [3.05, 3.63) is 23.2 Å². The summed E-state index contributed by atoms with van der Waals surface area (Å²) >= 11 is 0. The molecule has 0 radical (unpaired) electrons. The van der Waals surface area contributed by atoms with Crippen molar-refractivity contribution in [3.8, 4) is 0 Å². The molecule has 4 heteroatoms. The van der Waals surface area contributed by atoms with E-state index in [0.717, 1.165) is 50.9 Å². The Balaban J connectivity index is 2.02. The molecule has 1 aromatic heterocycles. The molecule has 0 atom stereocenters. The van der Waals surface area contributed by atoms with Crippen molar-refractivity contribution in [2.24, 2.45) is 0 Å². The summed E-state index contributed by atoms with van der Waals surface area (Å²) in [6.45, 7) is 13.9. The number of nitrogens with one attached hydrogen (secondary N) is 1. The minimum absolute atomic E-state index is 0.0841. The van der Waals surface area contributed by atoms with Gasteiger partial charge in [0.1, 0.15) is 11.5 Å². The molecule has 0 bridgehead atoms. The lowest BCUT2D eigenvalue weighted by Gasteiger charge is -2.41. The molecule has 0 aromatic carbocycles. The first-order valence-corrected chi connectivity index (χ1v) is 7.14. The van der Waals surface area contributed by atoms with Gasteiger partial charge in [-0.2, -0.15) is 0 Å². The van der Waals surface area contributed by atoms with Gasteiger partial charge < -0.3 is 14.5 Å². The second-order valence-electron chi connectivity index (χ2n) is 5.86. The predicted octanol–water partition coefficient (Wildman–Crippen LogP) is 2.31. The molecule has 0 aliphatic carbocycles. The van der Waals surface area contributed by atoms with Gasteiger partial charge in [-0.25, -0.2) is 0 Å². The van der Waals surface area contributed by atoms with Crippen molar-refractivity contribution in [2.45, 2.75) is 46.3 Å². The molecule has 1 aliphatic heterocycles. The highest BCUT2D eigenvalue weighted by molar-refractivity contribution is 5.20. The van der Waals surface area contributed by atoms with Crippen molar-refractivity contribution in [3.63, 3.8) is 0 Å². The molecule has 1 saturated heterocycles. The van der Waals surface area contributed by atoms with E-state index in [1.165, 1.54) is 5.56 Å². The summed E-state index contributed by atoms with van der Waals surface area (Å²) in [5.41, 5.74) is 1.35. The third kappa shape index (κ3) is 3.59. The molecule has 1 N–H and O–H groups in total. The summed E-state index contributed by atoms with van der Waals surface area (Å²) in [7, 11) is 0. The Hall–Kier alpha value is -0.840. The van der Waals surface area contributed by atoms with E-state index in [1.54, 1.807) is 0 Å². The number of ether oxygens (including phenoxy) is 1. The molecular formula is C15H26N2O2. The lowest BCUT2D eigenvalue weighted by molar-refractivity contribution is -0.0577. The summed E-state index contributed by atoms with van der Waals surface area (Å²) in [5, 5.41) is 3.34. The maximum Gasteiger partial charge on any atom is 0.118 e. The molecule has 0 amide bonds. The van der Waals surface area contributed by atoms with E-state index in [4.69, 9.17) is 9.15 Å². The maximum absolute atomic E-state index is 5.89. The summed E-state index contributed by atoms with van der Waals surface area (Å²) in [6.07, 6.45) is 0. The highest BCUT2D eigenvalue weighted by atomic mass is 16.5. The van der Waals surface area contributed by atoms with Gasteiger partial charge in [0.25, 0.3) is 0 Å². The first kappa shape index (κ1) is 14.6. The average molecular weight is 266 g/mol. The monoisotopic (exact) mass is 266 g/mol. The van der Waals surface area contributed by atoms with Gasteiger partial charge in [-0.05, 0) is 33.4 Å². The van der Waals surface area contributed by atoms with E-state index in [9.17, 15) is 0 Å². The normalized spacial score (nSPS) is 19.8. The maximum atomic E-state index is 5.89. The van der Waals surface area contributed by atoms with E-state index >= 15 is 0 Å². The molecule has 2 rings (SSSR count). The summed E-state index contributed by atoms with van der Waals surface area (Å²) in [6, 6.07) is 2.18. The number of nitrogens with zero attached hydrogens (tertiary/aromatic N) is 1. The smallest absolute Gasteiger partial charge is 0.118 e. The van der Waals surface area contributed by atoms with Gasteiger partial charge in [0, 0.05) is 24.2 Å². The lowest BCUT2D eigenvalue weighted by atomic mass is 10.0. The molecular weight excluding hydrogens is 240 g/mol. The third-order valence-electron chi connectivity index (χ3n) is 3.80. The zero-order valence-corrected chi connectivity index (χ0v) is 12.6. The van der Waals surface area contributed by atoms with Crippen LogP contribution in [-0.4, -0.2) is 36.7 Å². The Morgan fingerprint density at radius 1 is 1.42 bits per heavy atom. The molecule has 0 unspecified atom stereocenters. The van der Waals surface area contributed by atoms with Gasteiger partial charge in [0.15, 0.2) is 0 Å². The summed E-state index contributed by atoms with van der Waals surface area (Å²) in [5.74, 6) is 2.09. The molecule has 1 aromatic rings. The number of aryl methyl sites for hydroxylation is 1. The lowest BCUT2D eigenvalue weighted by Crippen LogP contribution is -2.52. The average Bonchev–Trinajstić information content (AvgIpc) is 2.70. The number of morpholine rings is 1.